The van der Waals surface area contributed by atoms with Gasteiger partial charge in [-0.2, -0.15) is 0 Å². The number of hydrogen-bond acceptors (Lipinski definition) is 6. The van der Waals surface area contributed by atoms with Gasteiger partial charge in [-0.25, -0.2) is 4.99 Å². The molecule has 0 fully saturated rings. The highest BCUT2D eigenvalue weighted by molar-refractivity contribution is 7.78. The zero-order valence-electron chi connectivity index (χ0n) is 9.04. The maximum atomic E-state index is 10.7. The smallest absolute Gasteiger partial charge is 0.314 e. The van der Waals surface area contributed by atoms with Crippen molar-refractivity contribution in [3.8, 4) is 11.5 Å². The molecule has 0 unspecified atom stereocenters. The van der Waals surface area contributed by atoms with Crippen LogP contribution in [-0.4, -0.2) is 28.8 Å². The van der Waals surface area contributed by atoms with Gasteiger partial charge in [0.2, 0.25) is 5.75 Å². The highest BCUT2D eigenvalue weighted by atomic mass is 32.1. The van der Waals surface area contributed by atoms with Crippen LogP contribution in [-0.2, 0) is 6.42 Å². The van der Waals surface area contributed by atoms with Crippen molar-refractivity contribution in [2.24, 2.45) is 4.99 Å². The van der Waals surface area contributed by atoms with Crippen LogP contribution >= 0.6 is 12.2 Å². The molecule has 0 aromatic heterocycles. The molecule has 0 amide bonds. The van der Waals surface area contributed by atoms with E-state index in [0.29, 0.717) is 18.5 Å². The number of nitro groups is 1. The lowest BCUT2D eigenvalue weighted by molar-refractivity contribution is -0.386. The Morgan fingerprint density at radius 2 is 2.35 bits per heavy atom. The Hall–Kier alpha value is -1.98. The fraction of sp³-hybridized carbons (Fsp3) is 0.300. The zero-order valence-corrected chi connectivity index (χ0v) is 9.86. The number of nitro benzene ring substituents is 1. The third-order valence-corrected chi connectivity index (χ3v) is 2.24. The second kappa shape index (κ2) is 5.93. The van der Waals surface area contributed by atoms with Crippen molar-refractivity contribution in [3.63, 3.8) is 0 Å². The van der Waals surface area contributed by atoms with Crippen molar-refractivity contribution in [3.05, 3.63) is 27.8 Å². The van der Waals surface area contributed by atoms with Gasteiger partial charge in [0.15, 0.2) is 5.75 Å². The van der Waals surface area contributed by atoms with Crippen LogP contribution in [0.1, 0.15) is 5.56 Å². The lowest BCUT2D eigenvalue weighted by atomic mass is 10.1. The van der Waals surface area contributed by atoms with Crippen LogP contribution in [0.2, 0.25) is 0 Å². The second-order valence-corrected chi connectivity index (χ2v) is 3.33. The number of thiocarbonyl (C=S) groups is 1. The second-order valence-electron chi connectivity index (χ2n) is 3.15. The van der Waals surface area contributed by atoms with Gasteiger partial charge in [-0.05, 0) is 30.3 Å². The molecule has 0 spiro atoms. The number of rotatable bonds is 5. The molecule has 6 nitrogen and oxygen atoms in total. The molecule has 90 valence electrons. The van der Waals surface area contributed by atoms with Crippen molar-refractivity contribution in [1.29, 1.82) is 0 Å². The number of isothiocyanates is 1. The SMILES string of the molecule is COc1cc(CCN=C=S)cc([N+](=O)[O-])c1O. The van der Waals surface area contributed by atoms with E-state index in [1.807, 2.05) is 0 Å². The number of phenols is 1. The van der Waals surface area contributed by atoms with Gasteiger partial charge in [0, 0.05) is 6.07 Å². The van der Waals surface area contributed by atoms with Crippen LogP contribution in [0.3, 0.4) is 0 Å². The molecule has 0 aliphatic carbocycles. The first kappa shape index (κ1) is 13.1. The van der Waals surface area contributed by atoms with Crippen molar-refractivity contribution in [2.45, 2.75) is 6.42 Å². The van der Waals surface area contributed by atoms with Gasteiger partial charge in [-0.3, -0.25) is 10.1 Å². The van der Waals surface area contributed by atoms with Gasteiger partial charge in [-0.15, -0.1) is 0 Å². The fourth-order valence-corrected chi connectivity index (χ4v) is 1.41. The summed E-state index contributed by atoms with van der Waals surface area (Å²) in [5.41, 5.74) is 0.256. The molecule has 0 heterocycles. The average Bonchev–Trinajstić information content (AvgIpc) is 2.30. The first-order valence-corrected chi connectivity index (χ1v) is 5.09. The molecule has 0 saturated carbocycles. The van der Waals surface area contributed by atoms with Gasteiger partial charge < -0.3 is 9.84 Å². The first-order chi connectivity index (χ1) is 8.10. The predicted octanol–water partition coefficient (Wildman–Crippen LogP) is 1.95. The van der Waals surface area contributed by atoms with Crippen LogP contribution in [0.5, 0.6) is 11.5 Å². The number of ether oxygens (including phenoxy) is 1. The number of hydrogen-bond donors (Lipinski definition) is 1. The number of phenolic OH excluding ortho intramolecular Hbond substituents is 1. The van der Waals surface area contributed by atoms with Crippen molar-refractivity contribution in [2.75, 3.05) is 13.7 Å². The number of aliphatic imine (C=N–C) groups is 1. The lowest BCUT2D eigenvalue weighted by Crippen LogP contribution is -1.96. The van der Waals surface area contributed by atoms with Crippen molar-refractivity contribution >= 4 is 23.1 Å². The molecule has 17 heavy (non-hydrogen) atoms. The van der Waals surface area contributed by atoms with Gasteiger partial charge >= 0.3 is 5.69 Å². The van der Waals surface area contributed by atoms with Gasteiger partial charge in [0.1, 0.15) is 0 Å². The number of methoxy groups -OCH3 is 1. The molecule has 0 aliphatic rings. The molecule has 0 aliphatic heterocycles. The minimum Gasteiger partial charge on any atom is -0.500 e. The quantitative estimate of drug-likeness (QED) is 0.375. The molecule has 1 aromatic carbocycles. The molecule has 7 heteroatoms. The normalized spacial score (nSPS) is 9.47. The van der Waals surface area contributed by atoms with Crippen LogP contribution < -0.4 is 4.74 Å². The molecule has 1 aromatic rings. The monoisotopic (exact) mass is 254 g/mol. The molecule has 1 rings (SSSR count). The summed E-state index contributed by atoms with van der Waals surface area (Å²) in [6.45, 7) is 0.384. The fourth-order valence-electron chi connectivity index (χ4n) is 1.32. The van der Waals surface area contributed by atoms with E-state index in [9.17, 15) is 15.2 Å². The third kappa shape index (κ3) is 3.24. The molecule has 0 saturated heterocycles. The van der Waals surface area contributed by atoms with E-state index in [0.717, 1.165) is 0 Å². The topological polar surface area (TPSA) is 85.0 Å². The summed E-state index contributed by atoms with van der Waals surface area (Å²) >= 11 is 4.41. The number of nitrogens with zero attached hydrogens (tertiary/aromatic N) is 2. The minimum absolute atomic E-state index is 0.0699. The molecular weight excluding hydrogens is 244 g/mol. The highest BCUT2D eigenvalue weighted by Gasteiger charge is 2.19. The Balaban J connectivity index is 3.10. The molecule has 0 radical (unpaired) electrons. The summed E-state index contributed by atoms with van der Waals surface area (Å²) in [5.74, 6) is -0.403. The molecule has 0 bridgehead atoms. The van der Waals surface area contributed by atoms with Gasteiger partial charge in [0.05, 0.1) is 23.7 Å². The number of aromatic hydroxyl groups is 1. The van der Waals surface area contributed by atoms with Crippen LogP contribution in [0.25, 0.3) is 0 Å². The Morgan fingerprint density at radius 1 is 1.65 bits per heavy atom. The summed E-state index contributed by atoms with van der Waals surface area (Å²) in [6.07, 6.45) is 0.459. The summed E-state index contributed by atoms with van der Waals surface area (Å²) in [4.78, 5) is 13.8. The van der Waals surface area contributed by atoms with Gasteiger partial charge in [0.25, 0.3) is 0 Å². The average molecular weight is 254 g/mol. The molecule has 1 N–H and O–H groups in total. The largest absolute Gasteiger partial charge is 0.500 e. The number of benzene rings is 1. The van der Waals surface area contributed by atoms with E-state index >= 15 is 0 Å². The maximum Gasteiger partial charge on any atom is 0.314 e. The Bertz CT molecular complexity index is 483. The molecule has 0 atom stereocenters. The van der Waals surface area contributed by atoms with Crippen LogP contribution in [0, 0.1) is 10.1 Å². The highest BCUT2D eigenvalue weighted by Crippen LogP contribution is 2.36. The van der Waals surface area contributed by atoms with E-state index in [4.69, 9.17) is 4.74 Å². The van der Waals surface area contributed by atoms with Crippen molar-refractivity contribution in [1.82, 2.24) is 0 Å². The van der Waals surface area contributed by atoms with Crippen molar-refractivity contribution < 1.29 is 14.8 Å². The lowest BCUT2D eigenvalue weighted by Gasteiger charge is -2.06. The Kier molecular flexibility index (Phi) is 4.56. The Labute approximate surface area is 103 Å². The summed E-state index contributed by atoms with van der Waals surface area (Å²) in [7, 11) is 1.33. The van der Waals surface area contributed by atoms with Gasteiger partial charge in [-0.1, -0.05) is 0 Å². The van der Waals surface area contributed by atoms with E-state index in [2.05, 4.69) is 22.4 Å². The van der Waals surface area contributed by atoms with Crippen LogP contribution in [0.4, 0.5) is 5.69 Å². The third-order valence-electron chi connectivity index (χ3n) is 2.11. The zero-order chi connectivity index (χ0) is 12.8. The van der Waals surface area contributed by atoms with E-state index in [1.54, 1.807) is 0 Å². The summed E-state index contributed by atoms with van der Waals surface area (Å²) in [5, 5.41) is 22.5. The summed E-state index contributed by atoms with van der Waals surface area (Å²) < 4.78 is 4.86. The summed E-state index contributed by atoms with van der Waals surface area (Å²) in [6, 6.07) is 2.82. The minimum atomic E-state index is -0.663. The maximum absolute atomic E-state index is 10.7. The Morgan fingerprint density at radius 3 is 2.88 bits per heavy atom. The predicted molar refractivity (Wildman–Crippen MR) is 64.9 cm³/mol. The van der Waals surface area contributed by atoms with E-state index in [-0.39, 0.29) is 11.4 Å². The first-order valence-electron chi connectivity index (χ1n) is 4.68. The van der Waals surface area contributed by atoms with E-state index < -0.39 is 10.7 Å². The van der Waals surface area contributed by atoms with Crippen LogP contribution in [0.15, 0.2) is 17.1 Å². The van der Waals surface area contributed by atoms with E-state index in [1.165, 1.54) is 19.2 Å². The molecular formula is C10H10N2O4S. The standard InChI is InChI=1S/C10H10N2O4S/c1-16-9-5-7(2-3-11-6-17)4-8(10(9)13)12(14)15/h4-5,13H,2-3H2,1H3.